The van der Waals surface area contributed by atoms with Gasteiger partial charge in [0, 0.05) is 24.0 Å². The summed E-state index contributed by atoms with van der Waals surface area (Å²) in [4.78, 5) is 21.8. The van der Waals surface area contributed by atoms with E-state index in [9.17, 15) is 4.79 Å². The first kappa shape index (κ1) is 21.0. The van der Waals surface area contributed by atoms with Crippen molar-refractivity contribution in [1.29, 1.82) is 0 Å². The average molecular weight is 401 g/mol. The summed E-state index contributed by atoms with van der Waals surface area (Å²) in [6.07, 6.45) is 1.18. The van der Waals surface area contributed by atoms with Gasteiger partial charge in [-0.15, -0.1) is 11.3 Å². The lowest BCUT2D eigenvalue weighted by Gasteiger charge is -2.22. The van der Waals surface area contributed by atoms with Crippen molar-refractivity contribution in [1.82, 2.24) is 14.8 Å². The highest BCUT2D eigenvalue weighted by atomic mass is 32.1. The van der Waals surface area contributed by atoms with Crippen LogP contribution in [0.2, 0.25) is 0 Å². The van der Waals surface area contributed by atoms with Gasteiger partial charge in [-0.25, -0.2) is 4.98 Å². The number of nitrogens with one attached hydrogen (secondary N) is 1. The average Bonchev–Trinajstić information content (AvgIpc) is 3.31. The number of carbonyl (C=O) groups excluding carboxylic acids is 1. The number of aromatic nitrogens is 1. The van der Waals surface area contributed by atoms with E-state index in [0.717, 1.165) is 44.0 Å². The third kappa shape index (κ3) is 5.40. The molecule has 1 unspecified atom stereocenters. The van der Waals surface area contributed by atoms with E-state index in [1.165, 1.54) is 28.9 Å². The lowest BCUT2D eigenvalue weighted by atomic mass is 10.1. The maximum atomic E-state index is 12.5. The second kappa shape index (κ2) is 9.63. The van der Waals surface area contributed by atoms with Crippen molar-refractivity contribution < 1.29 is 4.79 Å². The van der Waals surface area contributed by atoms with Gasteiger partial charge < -0.3 is 10.2 Å². The summed E-state index contributed by atoms with van der Waals surface area (Å²) in [5.74, 6) is 0.702. The lowest BCUT2D eigenvalue weighted by Crippen LogP contribution is -2.34. The Bertz CT molecular complexity index is 800. The summed E-state index contributed by atoms with van der Waals surface area (Å²) in [6.45, 7) is 14.4. The molecule has 1 saturated heterocycles. The number of nitrogens with zero attached hydrogens (tertiary/aromatic N) is 3. The molecule has 152 valence electrons. The standard InChI is InChI=1S/C22H32N4OS/c1-5-25(6-2)12-18-9-10-26(13-18)14-21(27)24-22-23-20(15-28-22)19-8-7-16(3)17(4)11-19/h7-8,11,15,18H,5-6,9-10,12-14H2,1-4H3,(H,23,24,27). The summed E-state index contributed by atoms with van der Waals surface area (Å²) in [5, 5.41) is 5.67. The van der Waals surface area contributed by atoms with Crippen LogP contribution in [0.3, 0.4) is 0 Å². The van der Waals surface area contributed by atoms with Crippen LogP contribution >= 0.6 is 11.3 Å². The van der Waals surface area contributed by atoms with Gasteiger partial charge in [-0.3, -0.25) is 9.69 Å². The highest BCUT2D eigenvalue weighted by molar-refractivity contribution is 7.14. The van der Waals surface area contributed by atoms with Gasteiger partial charge in [-0.1, -0.05) is 26.0 Å². The van der Waals surface area contributed by atoms with Crippen molar-refractivity contribution in [3.05, 3.63) is 34.7 Å². The van der Waals surface area contributed by atoms with Crippen molar-refractivity contribution in [3.63, 3.8) is 0 Å². The van der Waals surface area contributed by atoms with Crippen LogP contribution in [0.25, 0.3) is 11.3 Å². The van der Waals surface area contributed by atoms with Gasteiger partial charge >= 0.3 is 0 Å². The van der Waals surface area contributed by atoms with E-state index in [1.807, 2.05) is 5.38 Å². The molecular formula is C22H32N4OS. The highest BCUT2D eigenvalue weighted by Gasteiger charge is 2.25. The Morgan fingerprint density at radius 2 is 2.07 bits per heavy atom. The van der Waals surface area contributed by atoms with Crippen LogP contribution in [-0.4, -0.2) is 60.0 Å². The van der Waals surface area contributed by atoms with E-state index in [2.05, 4.69) is 66.0 Å². The first-order valence-corrected chi connectivity index (χ1v) is 11.1. The van der Waals surface area contributed by atoms with Crippen molar-refractivity contribution in [2.75, 3.05) is 44.6 Å². The first-order chi connectivity index (χ1) is 13.5. The number of amides is 1. The molecule has 6 heteroatoms. The van der Waals surface area contributed by atoms with Gasteiger partial charge in [-0.2, -0.15) is 0 Å². The Labute approximate surface area is 172 Å². The van der Waals surface area contributed by atoms with Crippen LogP contribution in [0.15, 0.2) is 23.6 Å². The fourth-order valence-corrected chi connectivity index (χ4v) is 4.51. The van der Waals surface area contributed by atoms with Crippen molar-refractivity contribution in [2.45, 2.75) is 34.1 Å². The fourth-order valence-electron chi connectivity index (χ4n) is 3.78. The minimum atomic E-state index is 0.0319. The van der Waals surface area contributed by atoms with Crippen LogP contribution in [0.1, 0.15) is 31.4 Å². The summed E-state index contributed by atoms with van der Waals surface area (Å²) in [6, 6.07) is 6.35. The molecule has 0 radical (unpaired) electrons. The molecule has 1 aromatic heterocycles. The third-order valence-corrected chi connectivity index (χ3v) is 6.46. The Morgan fingerprint density at radius 1 is 1.29 bits per heavy atom. The number of aryl methyl sites for hydroxylation is 2. The van der Waals surface area contributed by atoms with Crippen LogP contribution in [0.5, 0.6) is 0 Å². The number of anilines is 1. The smallest absolute Gasteiger partial charge is 0.240 e. The van der Waals surface area contributed by atoms with Crippen LogP contribution in [-0.2, 0) is 4.79 Å². The Kier molecular flexibility index (Phi) is 7.21. The molecule has 1 atom stereocenters. The normalized spacial score (nSPS) is 17.4. The summed E-state index contributed by atoms with van der Waals surface area (Å²) in [7, 11) is 0. The molecule has 1 aliphatic heterocycles. The molecule has 2 heterocycles. The molecule has 1 amide bonds. The number of hydrogen-bond acceptors (Lipinski definition) is 5. The van der Waals surface area contributed by atoms with E-state index in [-0.39, 0.29) is 5.91 Å². The SMILES string of the molecule is CCN(CC)CC1CCN(CC(=O)Nc2nc(-c3ccc(C)c(C)c3)cs2)C1. The van der Waals surface area contributed by atoms with Gasteiger partial charge in [0.2, 0.25) is 5.91 Å². The van der Waals surface area contributed by atoms with E-state index in [0.29, 0.717) is 17.6 Å². The molecule has 3 rings (SSSR count). The molecule has 2 aromatic rings. The molecular weight excluding hydrogens is 368 g/mol. The number of benzene rings is 1. The topological polar surface area (TPSA) is 48.5 Å². The zero-order valence-corrected chi connectivity index (χ0v) is 18.3. The van der Waals surface area contributed by atoms with E-state index in [1.54, 1.807) is 0 Å². The fraction of sp³-hybridized carbons (Fsp3) is 0.545. The van der Waals surface area contributed by atoms with Crippen LogP contribution < -0.4 is 5.32 Å². The molecule has 0 spiro atoms. The third-order valence-electron chi connectivity index (χ3n) is 5.70. The second-order valence-corrected chi connectivity index (χ2v) is 8.62. The quantitative estimate of drug-likeness (QED) is 0.727. The zero-order valence-electron chi connectivity index (χ0n) is 17.5. The Balaban J connectivity index is 1.50. The molecule has 1 fully saturated rings. The van der Waals surface area contributed by atoms with Crippen LogP contribution in [0, 0.1) is 19.8 Å². The predicted octanol–water partition coefficient (Wildman–Crippen LogP) is 4.03. The molecule has 1 N–H and O–H groups in total. The maximum absolute atomic E-state index is 12.5. The van der Waals surface area contributed by atoms with Gasteiger partial charge in [0.1, 0.15) is 0 Å². The monoisotopic (exact) mass is 400 g/mol. The number of thiazole rings is 1. The molecule has 5 nitrogen and oxygen atoms in total. The molecule has 1 aromatic carbocycles. The molecule has 0 aliphatic carbocycles. The Hall–Kier alpha value is -1.76. The van der Waals surface area contributed by atoms with Crippen molar-refractivity contribution >= 4 is 22.4 Å². The van der Waals surface area contributed by atoms with E-state index >= 15 is 0 Å². The number of carbonyl (C=O) groups is 1. The van der Waals surface area contributed by atoms with Gasteiger partial charge in [0.05, 0.1) is 12.2 Å². The molecule has 0 bridgehead atoms. The van der Waals surface area contributed by atoms with Crippen molar-refractivity contribution in [3.8, 4) is 11.3 Å². The number of rotatable bonds is 8. The summed E-state index contributed by atoms with van der Waals surface area (Å²) < 4.78 is 0. The van der Waals surface area contributed by atoms with Crippen LogP contribution in [0.4, 0.5) is 5.13 Å². The van der Waals surface area contributed by atoms with Gasteiger partial charge in [0.25, 0.3) is 0 Å². The Morgan fingerprint density at radius 3 is 2.79 bits per heavy atom. The lowest BCUT2D eigenvalue weighted by molar-refractivity contribution is -0.117. The number of hydrogen-bond donors (Lipinski definition) is 1. The summed E-state index contributed by atoms with van der Waals surface area (Å²) >= 11 is 1.49. The first-order valence-electron chi connectivity index (χ1n) is 10.3. The zero-order chi connectivity index (χ0) is 20.1. The molecule has 0 saturated carbocycles. The minimum absolute atomic E-state index is 0.0319. The van der Waals surface area contributed by atoms with Crippen molar-refractivity contribution in [2.24, 2.45) is 5.92 Å². The van der Waals surface area contributed by atoms with Gasteiger partial charge in [0.15, 0.2) is 5.13 Å². The maximum Gasteiger partial charge on any atom is 0.240 e. The molecule has 1 aliphatic rings. The largest absolute Gasteiger partial charge is 0.304 e. The second-order valence-electron chi connectivity index (χ2n) is 7.76. The number of likely N-dealkylation sites (tertiary alicyclic amines) is 1. The van der Waals surface area contributed by atoms with E-state index in [4.69, 9.17) is 0 Å². The van der Waals surface area contributed by atoms with E-state index < -0.39 is 0 Å². The predicted molar refractivity (Wildman–Crippen MR) is 118 cm³/mol. The minimum Gasteiger partial charge on any atom is -0.304 e. The highest BCUT2D eigenvalue weighted by Crippen LogP contribution is 2.26. The molecule has 28 heavy (non-hydrogen) atoms. The summed E-state index contributed by atoms with van der Waals surface area (Å²) in [5.41, 5.74) is 4.55. The van der Waals surface area contributed by atoms with Gasteiger partial charge in [-0.05, 0) is 63.0 Å².